The van der Waals surface area contributed by atoms with E-state index >= 15 is 0 Å². The van der Waals surface area contributed by atoms with Crippen LogP contribution in [0.1, 0.15) is 70.6 Å². The molecule has 0 rings (SSSR count). The number of hydrogen-bond acceptors (Lipinski definition) is 3. The number of aliphatic hydroxyl groups is 1. The minimum absolute atomic E-state index is 0.326. The summed E-state index contributed by atoms with van der Waals surface area (Å²) in [6, 6.07) is 0. The molecule has 0 aromatic rings. The van der Waals surface area contributed by atoms with Gasteiger partial charge in [0.15, 0.2) is 0 Å². The molecule has 0 aromatic carbocycles. The Hall–Kier alpha value is -0.220. The van der Waals surface area contributed by atoms with Crippen molar-refractivity contribution in [2.45, 2.75) is 70.6 Å². The van der Waals surface area contributed by atoms with Gasteiger partial charge in [-0.2, -0.15) is 11.8 Å². The van der Waals surface area contributed by atoms with Crippen LogP contribution in [0.5, 0.6) is 0 Å². The van der Waals surface area contributed by atoms with Crippen LogP contribution in [0.25, 0.3) is 0 Å². The maximum absolute atomic E-state index is 10.3. The van der Waals surface area contributed by atoms with Crippen LogP contribution in [0.15, 0.2) is 0 Å². The average Bonchev–Trinajstić information content (AvgIpc) is 2.39. The molecule has 19 heavy (non-hydrogen) atoms. The van der Waals surface area contributed by atoms with Crippen LogP contribution < -0.4 is 0 Å². The molecule has 0 radical (unpaired) electrons. The summed E-state index contributed by atoms with van der Waals surface area (Å²) >= 11 is 2.00. The van der Waals surface area contributed by atoms with E-state index in [0.29, 0.717) is 13.0 Å². The van der Waals surface area contributed by atoms with E-state index in [-0.39, 0.29) is 0 Å². The molecule has 114 valence electrons. The lowest BCUT2D eigenvalue weighted by Gasteiger charge is -2.02. The van der Waals surface area contributed by atoms with Gasteiger partial charge in [-0.25, -0.2) is 0 Å². The SMILES string of the molecule is O=C(O)CCCCCCCCCCSCCCCO. The summed E-state index contributed by atoms with van der Waals surface area (Å²) in [6.07, 6.45) is 12.0. The first-order valence-corrected chi connectivity index (χ1v) is 8.83. The van der Waals surface area contributed by atoms with Crippen LogP contribution >= 0.6 is 11.8 Å². The highest BCUT2D eigenvalue weighted by Crippen LogP contribution is 2.12. The second-order valence-electron chi connectivity index (χ2n) is 5.02. The van der Waals surface area contributed by atoms with E-state index in [1.807, 2.05) is 11.8 Å². The third-order valence-electron chi connectivity index (χ3n) is 3.13. The van der Waals surface area contributed by atoms with Crippen LogP contribution in [0.4, 0.5) is 0 Å². The molecule has 0 saturated carbocycles. The molecule has 0 aliphatic carbocycles. The van der Waals surface area contributed by atoms with Gasteiger partial charge in [0.05, 0.1) is 0 Å². The van der Waals surface area contributed by atoms with Crippen molar-refractivity contribution in [3.05, 3.63) is 0 Å². The van der Waals surface area contributed by atoms with E-state index in [2.05, 4.69) is 0 Å². The third-order valence-corrected chi connectivity index (χ3v) is 4.28. The molecule has 0 fully saturated rings. The zero-order valence-electron chi connectivity index (χ0n) is 12.1. The van der Waals surface area contributed by atoms with Crippen molar-refractivity contribution in [2.75, 3.05) is 18.1 Å². The van der Waals surface area contributed by atoms with Crippen LogP contribution in [0.3, 0.4) is 0 Å². The molecule has 0 amide bonds. The second-order valence-corrected chi connectivity index (χ2v) is 6.24. The van der Waals surface area contributed by atoms with E-state index < -0.39 is 5.97 Å². The van der Waals surface area contributed by atoms with Crippen LogP contribution in [-0.4, -0.2) is 34.3 Å². The van der Waals surface area contributed by atoms with Crippen molar-refractivity contribution in [1.82, 2.24) is 0 Å². The molecule has 0 spiro atoms. The minimum atomic E-state index is -0.670. The van der Waals surface area contributed by atoms with Gasteiger partial charge in [-0.1, -0.05) is 38.5 Å². The molecule has 0 aliphatic heterocycles. The second kappa shape index (κ2) is 15.8. The van der Waals surface area contributed by atoms with Gasteiger partial charge in [0.1, 0.15) is 0 Å². The standard InChI is InChI=1S/C15H30O3S/c16-12-8-10-14-19-13-9-6-4-2-1-3-5-7-11-15(17)18/h16H,1-14H2,(H,17,18). The van der Waals surface area contributed by atoms with Gasteiger partial charge in [-0.15, -0.1) is 0 Å². The molecule has 0 aromatic heterocycles. The van der Waals surface area contributed by atoms with Crippen molar-refractivity contribution >= 4 is 17.7 Å². The summed E-state index contributed by atoms with van der Waals surface area (Å²) < 4.78 is 0. The number of rotatable bonds is 15. The molecule has 0 heterocycles. The summed E-state index contributed by atoms with van der Waals surface area (Å²) in [5.41, 5.74) is 0. The largest absolute Gasteiger partial charge is 0.481 e. The molecule has 4 heteroatoms. The lowest BCUT2D eigenvalue weighted by molar-refractivity contribution is -0.137. The zero-order chi connectivity index (χ0) is 14.2. The molecule has 0 aliphatic rings. The summed E-state index contributed by atoms with van der Waals surface area (Å²) in [5.74, 6) is 1.77. The first-order chi connectivity index (χ1) is 9.27. The van der Waals surface area contributed by atoms with Crippen molar-refractivity contribution < 1.29 is 15.0 Å². The van der Waals surface area contributed by atoms with Gasteiger partial charge in [0.25, 0.3) is 0 Å². The van der Waals surface area contributed by atoms with Crippen LogP contribution in [0, 0.1) is 0 Å². The van der Waals surface area contributed by atoms with Crippen molar-refractivity contribution in [3.63, 3.8) is 0 Å². The number of unbranched alkanes of at least 4 members (excludes halogenated alkanes) is 8. The number of thioether (sulfide) groups is 1. The van der Waals surface area contributed by atoms with E-state index in [1.54, 1.807) is 0 Å². The van der Waals surface area contributed by atoms with E-state index in [1.165, 1.54) is 50.0 Å². The number of carbonyl (C=O) groups is 1. The van der Waals surface area contributed by atoms with Gasteiger partial charge >= 0.3 is 5.97 Å². The van der Waals surface area contributed by atoms with Gasteiger partial charge in [0, 0.05) is 13.0 Å². The maximum Gasteiger partial charge on any atom is 0.303 e. The predicted molar refractivity (Wildman–Crippen MR) is 82.8 cm³/mol. The molecule has 0 bridgehead atoms. The highest BCUT2D eigenvalue weighted by atomic mass is 32.2. The first-order valence-electron chi connectivity index (χ1n) is 7.67. The normalized spacial score (nSPS) is 10.8. The number of carboxylic acids is 1. The molecule has 0 atom stereocenters. The predicted octanol–water partition coefficient (Wildman–Crippen LogP) is 4.09. The van der Waals surface area contributed by atoms with Crippen LogP contribution in [0.2, 0.25) is 0 Å². The highest BCUT2D eigenvalue weighted by Gasteiger charge is 1.97. The molecular formula is C15H30O3S. The van der Waals surface area contributed by atoms with Crippen molar-refractivity contribution in [2.24, 2.45) is 0 Å². The number of carboxylic acid groups (broad SMARTS) is 1. The van der Waals surface area contributed by atoms with E-state index in [9.17, 15) is 4.79 Å². The number of aliphatic carboxylic acids is 1. The van der Waals surface area contributed by atoms with Crippen molar-refractivity contribution in [3.8, 4) is 0 Å². The zero-order valence-corrected chi connectivity index (χ0v) is 12.9. The van der Waals surface area contributed by atoms with E-state index in [4.69, 9.17) is 10.2 Å². The van der Waals surface area contributed by atoms with Gasteiger partial charge < -0.3 is 10.2 Å². The summed E-state index contributed by atoms with van der Waals surface area (Å²) in [6.45, 7) is 0.326. The fourth-order valence-electron chi connectivity index (χ4n) is 1.96. The molecule has 3 nitrogen and oxygen atoms in total. The van der Waals surface area contributed by atoms with Gasteiger partial charge in [0.2, 0.25) is 0 Å². The van der Waals surface area contributed by atoms with Gasteiger partial charge in [-0.3, -0.25) is 4.79 Å². The Balaban J connectivity index is 2.93. The van der Waals surface area contributed by atoms with E-state index in [0.717, 1.165) is 25.7 Å². The average molecular weight is 290 g/mol. The summed E-state index contributed by atoms with van der Waals surface area (Å²) in [7, 11) is 0. The van der Waals surface area contributed by atoms with Crippen molar-refractivity contribution in [1.29, 1.82) is 0 Å². The van der Waals surface area contributed by atoms with Crippen LogP contribution in [-0.2, 0) is 4.79 Å². The summed E-state index contributed by atoms with van der Waals surface area (Å²) in [4.78, 5) is 10.3. The Bertz CT molecular complexity index is 198. The fourth-order valence-corrected chi connectivity index (χ4v) is 2.98. The quantitative estimate of drug-likeness (QED) is 0.446. The summed E-state index contributed by atoms with van der Waals surface area (Å²) in [5, 5.41) is 17.1. The Morgan fingerprint density at radius 3 is 1.74 bits per heavy atom. The number of hydrogen-bond donors (Lipinski definition) is 2. The van der Waals surface area contributed by atoms with Gasteiger partial charge in [-0.05, 0) is 37.2 Å². The maximum atomic E-state index is 10.3. The third kappa shape index (κ3) is 17.8. The molecular weight excluding hydrogens is 260 g/mol. The highest BCUT2D eigenvalue weighted by molar-refractivity contribution is 7.99. The molecule has 2 N–H and O–H groups in total. The molecule has 0 saturated heterocycles. The smallest absolute Gasteiger partial charge is 0.303 e. The first kappa shape index (κ1) is 18.8. The Morgan fingerprint density at radius 2 is 1.21 bits per heavy atom. The Labute approximate surface area is 122 Å². The topological polar surface area (TPSA) is 57.5 Å². The fraction of sp³-hybridized carbons (Fsp3) is 0.933. The Morgan fingerprint density at radius 1 is 0.737 bits per heavy atom. The molecule has 0 unspecified atom stereocenters. The minimum Gasteiger partial charge on any atom is -0.481 e. The Kier molecular flexibility index (Phi) is 15.7. The lowest BCUT2D eigenvalue weighted by atomic mass is 10.1. The monoisotopic (exact) mass is 290 g/mol. The number of aliphatic hydroxyl groups excluding tert-OH is 1. The lowest BCUT2D eigenvalue weighted by Crippen LogP contribution is -1.93.